The normalized spacial score (nSPS) is 14.5. The highest BCUT2D eigenvalue weighted by atomic mass is 35.5. The Morgan fingerprint density at radius 3 is 2.57 bits per heavy atom. The van der Waals surface area contributed by atoms with Crippen LogP contribution in [-0.2, 0) is 6.54 Å². The lowest BCUT2D eigenvalue weighted by Gasteiger charge is -2.31. The smallest absolute Gasteiger partial charge is 0.267 e. The molecule has 1 saturated heterocycles. The first-order chi connectivity index (χ1) is 13.6. The summed E-state index contributed by atoms with van der Waals surface area (Å²) in [6.45, 7) is 7.32. The lowest BCUT2D eigenvalue weighted by Crippen LogP contribution is -2.26. The van der Waals surface area contributed by atoms with Crippen molar-refractivity contribution in [3.63, 3.8) is 0 Å². The molecule has 0 radical (unpaired) electrons. The number of hydrogen-bond donors (Lipinski definition) is 0. The standard InChI is InChI=1S/C23H26BClN2S/c1-3-18(2)20-9-7-19(8-10-20)16-27(22-6-4-5-21(25)15-22)28-23-11-13-24(17-26)14-12-23/h4-10,15,23H,2-3,11-14,16H2,1H3. The zero-order chi connectivity index (χ0) is 19.9. The Hall–Kier alpha value is -1.83. The number of allylic oxidation sites excluding steroid dienone is 1. The number of halogens is 1. The minimum Gasteiger partial charge on any atom is -0.312 e. The molecule has 5 heteroatoms. The van der Waals surface area contributed by atoms with E-state index in [0.717, 1.165) is 49.2 Å². The third-order valence-electron chi connectivity index (χ3n) is 5.34. The molecule has 1 heterocycles. The van der Waals surface area contributed by atoms with Gasteiger partial charge < -0.3 is 4.31 Å². The van der Waals surface area contributed by atoms with Crippen molar-refractivity contribution in [3.8, 4) is 5.97 Å². The van der Waals surface area contributed by atoms with E-state index in [1.807, 2.05) is 30.1 Å². The molecular formula is C23H26BClN2S. The molecule has 2 aromatic rings. The summed E-state index contributed by atoms with van der Waals surface area (Å²) in [5, 5.41) is 10.5. The average molecular weight is 409 g/mol. The molecule has 144 valence electrons. The van der Waals surface area contributed by atoms with Gasteiger partial charge in [-0.05, 0) is 66.1 Å². The molecule has 0 bridgehead atoms. The van der Waals surface area contributed by atoms with Gasteiger partial charge in [-0.25, -0.2) is 5.26 Å². The van der Waals surface area contributed by atoms with Crippen molar-refractivity contribution in [2.24, 2.45) is 0 Å². The quantitative estimate of drug-likeness (QED) is 0.360. The van der Waals surface area contributed by atoms with Crippen LogP contribution in [0.1, 0.15) is 37.3 Å². The highest BCUT2D eigenvalue weighted by Gasteiger charge is 2.26. The van der Waals surface area contributed by atoms with Crippen molar-refractivity contribution in [2.45, 2.75) is 50.6 Å². The third-order valence-corrected chi connectivity index (χ3v) is 6.94. The molecule has 0 amide bonds. The molecule has 0 atom stereocenters. The number of benzene rings is 2. The van der Waals surface area contributed by atoms with Gasteiger partial charge in [0.15, 0.2) is 0 Å². The van der Waals surface area contributed by atoms with E-state index in [2.05, 4.69) is 54.1 Å². The van der Waals surface area contributed by atoms with Crippen LogP contribution in [0.15, 0.2) is 55.1 Å². The van der Waals surface area contributed by atoms with Crippen LogP contribution in [0.3, 0.4) is 0 Å². The van der Waals surface area contributed by atoms with Crippen LogP contribution in [0, 0.1) is 11.2 Å². The van der Waals surface area contributed by atoms with Gasteiger partial charge in [0.05, 0.1) is 6.54 Å². The maximum absolute atomic E-state index is 9.15. The predicted molar refractivity (Wildman–Crippen MR) is 125 cm³/mol. The Labute approximate surface area is 178 Å². The first-order valence-electron chi connectivity index (χ1n) is 9.95. The molecule has 3 rings (SSSR count). The molecule has 2 aromatic carbocycles. The maximum Gasteiger partial charge on any atom is 0.267 e. The predicted octanol–water partition coefficient (Wildman–Crippen LogP) is 7.14. The molecule has 1 aliphatic heterocycles. The van der Waals surface area contributed by atoms with Crippen LogP contribution in [0.2, 0.25) is 17.7 Å². The van der Waals surface area contributed by atoms with Gasteiger partial charge in [0.25, 0.3) is 6.71 Å². The highest BCUT2D eigenvalue weighted by Crippen LogP contribution is 2.36. The average Bonchev–Trinajstić information content (AvgIpc) is 2.73. The summed E-state index contributed by atoms with van der Waals surface area (Å²) >= 11 is 8.16. The van der Waals surface area contributed by atoms with Crippen LogP contribution < -0.4 is 4.31 Å². The molecule has 2 nitrogen and oxygen atoms in total. The number of nitriles is 1. The number of anilines is 1. The van der Waals surface area contributed by atoms with E-state index < -0.39 is 0 Å². The molecule has 28 heavy (non-hydrogen) atoms. The van der Waals surface area contributed by atoms with Crippen molar-refractivity contribution in [2.75, 3.05) is 4.31 Å². The van der Waals surface area contributed by atoms with Gasteiger partial charge in [-0.15, -0.1) is 0 Å². The van der Waals surface area contributed by atoms with Gasteiger partial charge in [0, 0.05) is 21.9 Å². The van der Waals surface area contributed by atoms with Gasteiger partial charge >= 0.3 is 0 Å². The number of hydrogen-bond acceptors (Lipinski definition) is 3. The Balaban J connectivity index is 1.75. The van der Waals surface area contributed by atoms with Gasteiger partial charge in [-0.1, -0.05) is 68.1 Å². The highest BCUT2D eigenvalue weighted by molar-refractivity contribution is 8.01. The van der Waals surface area contributed by atoms with Crippen molar-refractivity contribution >= 4 is 41.5 Å². The van der Waals surface area contributed by atoms with E-state index in [0.29, 0.717) is 5.25 Å². The van der Waals surface area contributed by atoms with Gasteiger partial charge in [0.1, 0.15) is 0 Å². The van der Waals surface area contributed by atoms with Crippen LogP contribution in [-0.4, -0.2) is 12.0 Å². The van der Waals surface area contributed by atoms with E-state index in [1.54, 1.807) is 0 Å². The summed E-state index contributed by atoms with van der Waals surface area (Å²) < 4.78 is 2.35. The summed E-state index contributed by atoms with van der Waals surface area (Å²) in [5.74, 6) is 2.43. The fraction of sp³-hybridized carbons (Fsp3) is 0.348. The minimum atomic E-state index is 0.232. The first kappa shape index (κ1) is 20.9. The Kier molecular flexibility index (Phi) is 7.53. The second-order valence-electron chi connectivity index (χ2n) is 7.38. The van der Waals surface area contributed by atoms with Crippen molar-refractivity contribution < 1.29 is 0 Å². The molecule has 0 aromatic heterocycles. The van der Waals surface area contributed by atoms with Gasteiger partial charge in [-0.2, -0.15) is 0 Å². The number of rotatable bonds is 7. The molecule has 0 unspecified atom stereocenters. The molecule has 1 fully saturated rings. The molecular weight excluding hydrogens is 383 g/mol. The topological polar surface area (TPSA) is 27.0 Å². The fourth-order valence-electron chi connectivity index (χ4n) is 3.51. The van der Waals surface area contributed by atoms with Crippen molar-refractivity contribution in [3.05, 3.63) is 71.3 Å². The summed E-state index contributed by atoms with van der Waals surface area (Å²) in [6.07, 6.45) is 5.16. The zero-order valence-corrected chi connectivity index (χ0v) is 18.0. The second kappa shape index (κ2) is 10.1. The monoisotopic (exact) mass is 408 g/mol. The Bertz CT molecular complexity index is 838. The lowest BCUT2D eigenvalue weighted by molar-refractivity contribution is 0.744. The zero-order valence-electron chi connectivity index (χ0n) is 16.4. The van der Waals surface area contributed by atoms with E-state index in [4.69, 9.17) is 16.9 Å². The van der Waals surface area contributed by atoms with E-state index in [-0.39, 0.29) is 6.71 Å². The van der Waals surface area contributed by atoms with E-state index in [1.165, 1.54) is 16.7 Å². The molecule has 0 spiro atoms. The summed E-state index contributed by atoms with van der Waals surface area (Å²) in [7, 11) is 0. The SMILES string of the molecule is C=C(CC)c1ccc(CN(SC2CCB(C#N)CC2)c2cccc(Cl)c2)cc1. The van der Waals surface area contributed by atoms with Crippen LogP contribution in [0.25, 0.3) is 5.57 Å². The summed E-state index contributed by atoms with van der Waals surface area (Å²) in [6, 6.07) is 16.8. The van der Waals surface area contributed by atoms with E-state index in [9.17, 15) is 0 Å². The van der Waals surface area contributed by atoms with Crippen LogP contribution >= 0.6 is 23.5 Å². The molecule has 0 N–H and O–H groups in total. The fourth-order valence-corrected chi connectivity index (χ4v) is 5.00. The largest absolute Gasteiger partial charge is 0.312 e. The first-order valence-corrected chi connectivity index (χ1v) is 11.2. The van der Waals surface area contributed by atoms with Crippen molar-refractivity contribution in [1.29, 1.82) is 5.26 Å². The second-order valence-corrected chi connectivity index (χ2v) is 9.13. The minimum absolute atomic E-state index is 0.232. The Morgan fingerprint density at radius 2 is 1.96 bits per heavy atom. The molecule has 0 saturated carbocycles. The van der Waals surface area contributed by atoms with Gasteiger partial charge in [-0.3, -0.25) is 0 Å². The van der Waals surface area contributed by atoms with E-state index >= 15 is 0 Å². The lowest BCUT2D eigenvalue weighted by atomic mass is 9.43. The number of nitrogens with zero attached hydrogens (tertiary/aromatic N) is 2. The Morgan fingerprint density at radius 1 is 1.25 bits per heavy atom. The molecule has 1 aliphatic rings. The van der Waals surface area contributed by atoms with Crippen molar-refractivity contribution in [1.82, 2.24) is 0 Å². The van der Waals surface area contributed by atoms with Crippen LogP contribution in [0.5, 0.6) is 0 Å². The summed E-state index contributed by atoms with van der Waals surface area (Å²) in [5.41, 5.74) is 4.78. The van der Waals surface area contributed by atoms with Crippen LogP contribution in [0.4, 0.5) is 5.69 Å². The maximum atomic E-state index is 9.15. The summed E-state index contributed by atoms with van der Waals surface area (Å²) in [4.78, 5) is 0. The molecule has 0 aliphatic carbocycles. The third kappa shape index (κ3) is 5.59. The van der Waals surface area contributed by atoms with Gasteiger partial charge in [0.2, 0.25) is 0 Å².